The highest BCUT2D eigenvalue weighted by Gasteiger charge is 2.24. The molecule has 0 radical (unpaired) electrons. The standard InChI is InChI=1S/C19H21FN4O3S.ClH/c1-13-11-16(22-27-13)18(25)24(6-2-5-23-7-9-26-10-8-23)19-21-15-4-3-14(20)12-17(15)28-19;/h3-4,11-12H,2,5-10H2,1H3;1H. The summed E-state index contributed by atoms with van der Waals surface area (Å²) in [6.45, 7) is 6.38. The van der Waals surface area contributed by atoms with Gasteiger partial charge in [-0.3, -0.25) is 14.6 Å². The van der Waals surface area contributed by atoms with Crippen molar-refractivity contribution in [2.24, 2.45) is 0 Å². The average molecular weight is 441 g/mol. The zero-order valence-electron chi connectivity index (χ0n) is 16.0. The molecule has 0 bridgehead atoms. The fourth-order valence-corrected chi connectivity index (χ4v) is 4.18. The number of amides is 1. The molecule has 0 unspecified atom stereocenters. The molecular weight excluding hydrogens is 419 g/mol. The zero-order valence-corrected chi connectivity index (χ0v) is 17.6. The first kappa shape index (κ1) is 21.6. The number of aryl methyl sites for hydroxylation is 1. The number of ether oxygens (including phenoxy) is 1. The molecule has 2 aromatic heterocycles. The van der Waals surface area contributed by atoms with Gasteiger partial charge in [0.25, 0.3) is 5.91 Å². The SMILES string of the molecule is Cc1cc(C(=O)N(CCCN2CCOCC2)c2nc3ccc(F)cc3s2)no1.Cl. The van der Waals surface area contributed by atoms with Crippen molar-refractivity contribution in [1.82, 2.24) is 15.0 Å². The van der Waals surface area contributed by atoms with Crippen molar-refractivity contribution in [3.05, 3.63) is 41.5 Å². The molecule has 1 saturated heterocycles. The van der Waals surface area contributed by atoms with Gasteiger partial charge in [0.05, 0.1) is 23.4 Å². The van der Waals surface area contributed by atoms with Crippen molar-refractivity contribution in [2.45, 2.75) is 13.3 Å². The van der Waals surface area contributed by atoms with Crippen LogP contribution in [0.4, 0.5) is 9.52 Å². The maximum Gasteiger partial charge on any atom is 0.282 e. The number of carbonyl (C=O) groups excluding carboxylic acids is 1. The second-order valence-electron chi connectivity index (χ2n) is 6.70. The number of hydrogen-bond acceptors (Lipinski definition) is 7. The first-order chi connectivity index (χ1) is 13.6. The number of hydrogen-bond donors (Lipinski definition) is 0. The van der Waals surface area contributed by atoms with Gasteiger partial charge in [0.1, 0.15) is 11.6 Å². The van der Waals surface area contributed by atoms with E-state index in [2.05, 4.69) is 15.0 Å². The lowest BCUT2D eigenvalue weighted by atomic mass is 10.3. The van der Waals surface area contributed by atoms with E-state index in [-0.39, 0.29) is 29.8 Å². The topological polar surface area (TPSA) is 71.7 Å². The number of benzene rings is 1. The summed E-state index contributed by atoms with van der Waals surface area (Å²) in [6.07, 6.45) is 0.785. The molecule has 29 heavy (non-hydrogen) atoms. The summed E-state index contributed by atoms with van der Waals surface area (Å²) in [5, 5.41) is 4.39. The van der Waals surface area contributed by atoms with Crippen LogP contribution in [0.15, 0.2) is 28.8 Å². The number of anilines is 1. The predicted octanol–water partition coefficient (Wildman–Crippen LogP) is 3.52. The molecule has 3 aromatic rings. The summed E-state index contributed by atoms with van der Waals surface area (Å²) in [7, 11) is 0. The third-order valence-corrected chi connectivity index (χ3v) is 5.66. The number of nitrogens with zero attached hydrogens (tertiary/aromatic N) is 4. The number of fused-ring (bicyclic) bond motifs is 1. The maximum atomic E-state index is 13.5. The van der Waals surface area contributed by atoms with E-state index in [9.17, 15) is 9.18 Å². The van der Waals surface area contributed by atoms with Crippen molar-refractivity contribution in [3.8, 4) is 0 Å². The fourth-order valence-electron chi connectivity index (χ4n) is 3.17. The number of halogens is 2. The van der Waals surface area contributed by atoms with Gasteiger partial charge in [0.2, 0.25) is 0 Å². The van der Waals surface area contributed by atoms with Crippen LogP contribution < -0.4 is 4.90 Å². The van der Waals surface area contributed by atoms with E-state index >= 15 is 0 Å². The van der Waals surface area contributed by atoms with Crippen molar-refractivity contribution < 1.29 is 18.4 Å². The molecule has 156 valence electrons. The predicted molar refractivity (Wildman–Crippen MR) is 112 cm³/mol. The largest absolute Gasteiger partial charge is 0.379 e. The molecule has 1 aromatic carbocycles. The van der Waals surface area contributed by atoms with E-state index in [4.69, 9.17) is 9.26 Å². The normalized spacial score (nSPS) is 14.7. The molecule has 10 heteroatoms. The van der Waals surface area contributed by atoms with Crippen LogP contribution in [0.3, 0.4) is 0 Å². The van der Waals surface area contributed by atoms with Crippen molar-refractivity contribution in [1.29, 1.82) is 0 Å². The summed E-state index contributed by atoms with van der Waals surface area (Å²) in [5.74, 6) is -0.0126. The van der Waals surface area contributed by atoms with Gasteiger partial charge < -0.3 is 9.26 Å². The van der Waals surface area contributed by atoms with Crippen LogP contribution >= 0.6 is 23.7 Å². The van der Waals surface area contributed by atoms with Gasteiger partial charge in [-0.15, -0.1) is 12.4 Å². The van der Waals surface area contributed by atoms with Crippen LogP contribution in [0.1, 0.15) is 22.7 Å². The molecule has 0 aliphatic carbocycles. The zero-order chi connectivity index (χ0) is 19.5. The number of aromatic nitrogens is 2. The van der Waals surface area contributed by atoms with Gasteiger partial charge in [-0.05, 0) is 31.5 Å². The molecule has 1 aliphatic heterocycles. The van der Waals surface area contributed by atoms with E-state index in [0.29, 0.717) is 27.7 Å². The second-order valence-corrected chi connectivity index (χ2v) is 7.70. The first-order valence-electron chi connectivity index (χ1n) is 9.21. The average Bonchev–Trinajstić information content (AvgIpc) is 3.31. The van der Waals surface area contributed by atoms with Gasteiger partial charge >= 0.3 is 0 Å². The molecule has 7 nitrogen and oxygen atoms in total. The Hall–Kier alpha value is -2.07. The second kappa shape index (κ2) is 9.62. The molecule has 1 fully saturated rings. The Morgan fingerprint density at radius 2 is 2.10 bits per heavy atom. The number of morpholine rings is 1. The summed E-state index contributed by atoms with van der Waals surface area (Å²) >= 11 is 1.30. The van der Waals surface area contributed by atoms with Crippen LogP contribution in [-0.4, -0.2) is 60.3 Å². The summed E-state index contributed by atoms with van der Waals surface area (Å²) in [4.78, 5) is 21.5. The van der Waals surface area contributed by atoms with Crippen LogP contribution in [-0.2, 0) is 4.74 Å². The molecule has 3 heterocycles. The van der Waals surface area contributed by atoms with Gasteiger partial charge in [-0.25, -0.2) is 9.37 Å². The minimum atomic E-state index is -0.319. The van der Waals surface area contributed by atoms with E-state index in [1.807, 2.05) is 0 Å². The Morgan fingerprint density at radius 3 is 2.83 bits per heavy atom. The molecule has 0 N–H and O–H groups in total. The Kier molecular flexibility index (Phi) is 7.18. The van der Waals surface area contributed by atoms with Crippen molar-refractivity contribution in [2.75, 3.05) is 44.3 Å². The van der Waals surface area contributed by atoms with E-state index < -0.39 is 0 Å². The highest BCUT2D eigenvalue weighted by Crippen LogP contribution is 2.30. The van der Waals surface area contributed by atoms with Crippen LogP contribution in [0.5, 0.6) is 0 Å². The van der Waals surface area contributed by atoms with Crippen LogP contribution in [0.25, 0.3) is 10.2 Å². The molecular formula is C19H22ClFN4O3S. The molecule has 1 aliphatic rings. The monoisotopic (exact) mass is 440 g/mol. The lowest BCUT2D eigenvalue weighted by Gasteiger charge is -2.27. The van der Waals surface area contributed by atoms with Gasteiger partial charge in [0, 0.05) is 32.2 Å². The third-order valence-electron chi connectivity index (χ3n) is 4.62. The molecule has 0 atom stereocenters. The molecule has 1 amide bonds. The Morgan fingerprint density at radius 1 is 1.31 bits per heavy atom. The number of rotatable bonds is 6. The van der Waals surface area contributed by atoms with E-state index in [1.54, 1.807) is 24.0 Å². The fraction of sp³-hybridized carbons (Fsp3) is 0.421. The Balaban J connectivity index is 0.00000240. The highest BCUT2D eigenvalue weighted by molar-refractivity contribution is 7.22. The lowest BCUT2D eigenvalue weighted by Crippen LogP contribution is -2.39. The molecule has 0 spiro atoms. The minimum absolute atomic E-state index is 0. The highest BCUT2D eigenvalue weighted by atomic mass is 35.5. The summed E-state index contributed by atoms with van der Waals surface area (Å²) < 4.78 is 24.7. The summed E-state index contributed by atoms with van der Waals surface area (Å²) in [5.41, 5.74) is 0.915. The minimum Gasteiger partial charge on any atom is -0.379 e. The Labute approximate surface area is 177 Å². The van der Waals surface area contributed by atoms with E-state index in [1.165, 1.54) is 23.5 Å². The third kappa shape index (κ3) is 5.11. The number of thiazole rings is 1. The van der Waals surface area contributed by atoms with Crippen molar-refractivity contribution >= 4 is 45.0 Å². The Bertz CT molecular complexity index is 973. The van der Waals surface area contributed by atoms with Crippen LogP contribution in [0.2, 0.25) is 0 Å². The molecule has 4 rings (SSSR count). The number of carbonyl (C=O) groups is 1. The van der Waals surface area contributed by atoms with Gasteiger partial charge in [-0.2, -0.15) is 0 Å². The van der Waals surface area contributed by atoms with Gasteiger partial charge in [0.15, 0.2) is 10.8 Å². The maximum absolute atomic E-state index is 13.5. The summed E-state index contributed by atoms with van der Waals surface area (Å²) in [6, 6.07) is 6.05. The van der Waals surface area contributed by atoms with Gasteiger partial charge in [-0.1, -0.05) is 16.5 Å². The van der Waals surface area contributed by atoms with E-state index in [0.717, 1.165) is 39.3 Å². The van der Waals surface area contributed by atoms with Crippen LogP contribution in [0, 0.1) is 12.7 Å². The first-order valence-corrected chi connectivity index (χ1v) is 10.0. The molecule has 0 saturated carbocycles. The quantitative estimate of drug-likeness (QED) is 0.584. The smallest absolute Gasteiger partial charge is 0.282 e. The van der Waals surface area contributed by atoms with Crippen molar-refractivity contribution in [3.63, 3.8) is 0 Å². The lowest BCUT2D eigenvalue weighted by molar-refractivity contribution is 0.0376.